The summed E-state index contributed by atoms with van der Waals surface area (Å²) in [5.74, 6) is 1.02. The van der Waals surface area contributed by atoms with Crippen LogP contribution in [0.5, 0.6) is 5.75 Å². The van der Waals surface area contributed by atoms with Gasteiger partial charge in [-0.25, -0.2) is 0 Å². The molecule has 2 heteroatoms. The van der Waals surface area contributed by atoms with Crippen LogP contribution >= 0.6 is 0 Å². The largest absolute Gasteiger partial charge is 0.490 e. The minimum atomic E-state index is 0.422. The van der Waals surface area contributed by atoms with Gasteiger partial charge in [-0.15, -0.1) is 0 Å². The highest BCUT2D eigenvalue weighted by Crippen LogP contribution is 2.25. The first kappa shape index (κ1) is 13.4. The van der Waals surface area contributed by atoms with Gasteiger partial charge in [-0.05, 0) is 63.3 Å². The van der Waals surface area contributed by atoms with E-state index in [0.29, 0.717) is 12.1 Å². The average molecular weight is 247 g/mol. The van der Waals surface area contributed by atoms with Gasteiger partial charge in [0.1, 0.15) is 5.75 Å². The molecule has 2 nitrogen and oxygen atoms in total. The Morgan fingerprint density at radius 2 is 1.89 bits per heavy atom. The lowest BCUT2D eigenvalue weighted by Gasteiger charge is -2.16. The third-order valence-electron chi connectivity index (χ3n) is 3.69. The second-order valence-electron chi connectivity index (χ2n) is 5.27. The molecule has 1 aliphatic carbocycles. The Morgan fingerprint density at radius 3 is 2.50 bits per heavy atom. The second-order valence-corrected chi connectivity index (χ2v) is 5.27. The fraction of sp³-hybridized carbons (Fsp3) is 0.625. The molecule has 1 fully saturated rings. The number of hydrogen-bond donors (Lipinski definition) is 1. The van der Waals surface area contributed by atoms with E-state index in [0.717, 1.165) is 12.3 Å². The van der Waals surface area contributed by atoms with Crippen LogP contribution in [-0.2, 0) is 0 Å². The van der Waals surface area contributed by atoms with E-state index in [1.807, 2.05) is 0 Å². The Kier molecular flexibility index (Phi) is 5.06. The van der Waals surface area contributed by atoms with Crippen LogP contribution in [0.2, 0.25) is 0 Å². The number of benzene rings is 1. The molecule has 1 atom stereocenters. The minimum Gasteiger partial charge on any atom is -0.490 e. The molecule has 1 aromatic rings. The topological polar surface area (TPSA) is 21.3 Å². The summed E-state index contributed by atoms with van der Waals surface area (Å²) in [5, 5.41) is 3.50. The molecule has 0 aliphatic heterocycles. The molecule has 100 valence electrons. The summed E-state index contributed by atoms with van der Waals surface area (Å²) in [7, 11) is 0. The first-order chi connectivity index (χ1) is 8.79. The fourth-order valence-corrected chi connectivity index (χ4v) is 2.51. The van der Waals surface area contributed by atoms with E-state index in [1.165, 1.54) is 37.7 Å². The van der Waals surface area contributed by atoms with E-state index >= 15 is 0 Å². The SMILES string of the molecule is CCCN[C@H](C)c1ccc(OC2CCCC2)cc1. The molecular formula is C16H25NO. The van der Waals surface area contributed by atoms with Gasteiger partial charge < -0.3 is 10.1 Å². The lowest BCUT2D eigenvalue weighted by Crippen LogP contribution is -2.19. The van der Waals surface area contributed by atoms with Crippen molar-refractivity contribution in [2.75, 3.05) is 6.54 Å². The van der Waals surface area contributed by atoms with Gasteiger partial charge in [0.05, 0.1) is 6.10 Å². The maximum Gasteiger partial charge on any atom is 0.119 e. The van der Waals surface area contributed by atoms with Gasteiger partial charge in [0.2, 0.25) is 0 Å². The van der Waals surface area contributed by atoms with E-state index < -0.39 is 0 Å². The first-order valence-electron chi connectivity index (χ1n) is 7.29. The summed E-state index contributed by atoms with van der Waals surface area (Å²) in [6, 6.07) is 9.00. The molecule has 0 saturated heterocycles. The quantitative estimate of drug-likeness (QED) is 0.818. The molecule has 1 aliphatic rings. The van der Waals surface area contributed by atoms with Crippen LogP contribution in [0.4, 0.5) is 0 Å². The van der Waals surface area contributed by atoms with Gasteiger partial charge in [-0.1, -0.05) is 19.1 Å². The average Bonchev–Trinajstić information content (AvgIpc) is 2.89. The zero-order valence-electron chi connectivity index (χ0n) is 11.6. The molecule has 18 heavy (non-hydrogen) atoms. The predicted octanol–water partition coefficient (Wildman–Crippen LogP) is 4.07. The van der Waals surface area contributed by atoms with Crippen LogP contribution in [0.25, 0.3) is 0 Å². The van der Waals surface area contributed by atoms with E-state index in [-0.39, 0.29) is 0 Å². The molecule has 1 N–H and O–H groups in total. The van der Waals surface area contributed by atoms with E-state index in [9.17, 15) is 0 Å². The summed E-state index contributed by atoms with van der Waals surface area (Å²) in [4.78, 5) is 0. The Bertz CT molecular complexity index is 341. The molecule has 0 radical (unpaired) electrons. The Hall–Kier alpha value is -1.02. The summed E-state index contributed by atoms with van der Waals surface area (Å²) in [5.41, 5.74) is 1.34. The van der Waals surface area contributed by atoms with Crippen molar-refractivity contribution >= 4 is 0 Å². The highest BCUT2D eigenvalue weighted by molar-refractivity contribution is 5.29. The zero-order valence-corrected chi connectivity index (χ0v) is 11.6. The van der Waals surface area contributed by atoms with Crippen LogP contribution in [0, 0.1) is 0 Å². The van der Waals surface area contributed by atoms with Crippen molar-refractivity contribution in [3.05, 3.63) is 29.8 Å². The zero-order chi connectivity index (χ0) is 12.8. The Labute approximate surface area is 111 Å². The minimum absolute atomic E-state index is 0.422. The van der Waals surface area contributed by atoms with Gasteiger partial charge in [0.15, 0.2) is 0 Å². The fourth-order valence-electron chi connectivity index (χ4n) is 2.51. The van der Waals surface area contributed by atoms with Crippen molar-refractivity contribution in [2.24, 2.45) is 0 Å². The van der Waals surface area contributed by atoms with Gasteiger partial charge in [0, 0.05) is 6.04 Å². The lowest BCUT2D eigenvalue weighted by atomic mass is 10.1. The van der Waals surface area contributed by atoms with Gasteiger partial charge in [-0.3, -0.25) is 0 Å². The number of nitrogens with one attached hydrogen (secondary N) is 1. The van der Waals surface area contributed by atoms with Gasteiger partial charge in [-0.2, -0.15) is 0 Å². The summed E-state index contributed by atoms with van der Waals surface area (Å²) in [6.45, 7) is 5.47. The molecule has 0 unspecified atom stereocenters. The third-order valence-corrected chi connectivity index (χ3v) is 3.69. The van der Waals surface area contributed by atoms with Crippen molar-refractivity contribution in [3.63, 3.8) is 0 Å². The van der Waals surface area contributed by atoms with Crippen LogP contribution in [-0.4, -0.2) is 12.6 Å². The number of ether oxygens (including phenoxy) is 1. The predicted molar refractivity (Wildman–Crippen MR) is 76.0 cm³/mol. The monoisotopic (exact) mass is 247 g/mol. The van der Waals surface area contributed by atoms with Crippen molar-refractivity contribution in [1.29, 1.82) is 0 Å². The maximum absolute atomic E-state index is 5.97. The molecule has 2 rings (SSSR count). The molecular weight excluding hydrogens is 222 g/mol. The van der Waals surface area contributed by atoms with Crippen LogP contribution in [0.3, 0.4) is 0 Å². The number of rotatable bonds is 6. The summed E-state index contributed by atoms with van der Waals surface area (Å²) in [6.07, 6.45) is 6.70. The van der Waals surface area contributed by atoms with Crippen molar-refractivity contribution in [3.8, 4) is 5.75 Å². The van der Waals surface area contributed by atoms with Crippen LogP contribution in [0.15, 0.2) is 24.3 Å². The van der Waals surface area contributed by atoms with E-state index in [4.69, 9.17) is 4.74 Å². The standard InChI is InChI=1S/C16H25NO/c1-3-12-17-13(2)14-8-10-16(11-9-14)18-15-6-4-5-7-15/h8-11,13,15,17H,3-7,12H2,1-2H3/t13-/m1/s1. The summed E-state index contributed by atoms with van der Waals surface area (Å²) < 4.78 is 5.97. The normalized spacial score (nSPS) is 17.9. The summed E-state index contributed by atoms with van der Waals surface area (Å²) >= 11 is 0. The van der Waals surface area contributed by atoms with Gasteiger partial charge >= 0.3 is 0 Å². The van der Waals surface area contributed by atoms with E-state index in [1.54, 1.807) is 0 Å². The van der Waals surface area contributed by atoms with Crippen molar-refractivity contribution in [1.82, 2.24) is 5.32 Å². The lowest BCUT2D eigenvalue weighted by molar-refractivity contribution is 0.210. The highest BCUT2D eigenvalue weighted by Gasteiger charge is 2.16. The molecule has 0 aromatic heterocycles. The number of hydrogen-bond acceptors (Lipinski definition) is 2. The van der Waals surface area contributed by atoms with Crippen molar-refractivity contribution < 1.29 is 4.74 Å². The molecule has 1 aromatic carbocycles. The maximum atomic E-state index is 5.97. The first-order valence-corrected chi connectivity index (χ1v) is 7.29. The smallest absolute Gasteiger partial charge is 0.119 e. The van der Waals surface area contributed by atoms with Crippen molar-refractivity contribution in [2.45, 2.75) is 58.1 Å². The molecule has 0 bridgehead atoms. The molecule has 0 spiro atoms. The third kappa shape index (κ3) is 3.74. The second kappa shape index (κ2) is 6.79. The highest BCUT2D eigenvalue weighted by atomic mass is 16.5. The van der Waals surface area contributed by atoms with Crippen LogP contribution < -0.4 is 10.1 Å². The molecule has 0 amide bonds. The van der Waals surface area contributed by atoms with E-state index in [2.05, 4.69) is 43.4 Å². The Balaban J connectivity index is 1.88. The Morgan fingerprint density at radius 1 is 1.22 bits per heavy atom. The van der Waals surface area contributed by atoms with Gasteiger partial charge in [0.25, 0.3) is 0 Å². The molecule has 0 heterocycles. The van der Waals surface area contributed by atoms with Crippen LogP contribution in [0.1, 0.15) is 57.6 Å². The molecule has 1 saturated carbocycles.